The third-order valence-electron chi connectivity index (χ3n) is 1.72. The van der Waals surface area contributed by atoms with Crippen molar-refractivity contribution in [3.05, 3.63) is 29.5 Å². The number of anilines is 2. The van der Waals surface area contributed by atoms with Crippen molar-refractivity contribution in [2.24, 2.45) is 0 Å². The molecule has 0 saturated carbocycles. The number of nitrogens with zero attached hydrogens (tertiary/aromatic N) is 3. The summed E-state index contributed by atoms with van der Waals surface area (Å²) in [7, 11) is 0. The molecule has 2 heterocycles. The number of hydrogen-bond donors (Lipinski definition) is 2. The van der Waals surface area contributed by atoms with Gasteiger partial charge in [0.2, 0.25) is 5.28 Å². The average molecular weight is 226 g/mol. The minimum absolute atomic E-state index is 0.145. The van der Waals surface area contributed by atoms with Crippen molar-refractivity contribution in [1.82, 2.24) is 15.1 Å². The molecule has 0 bridgehead atoms. The van der Waals surface area contributed by atoms with Gasteiger partial charge in [0.15, 0.2) is 5.82 Å². The maximum Gasteiger partial charge on any atom is 0.224 e. The molecule has 2 aromatic heterocycles. The zero-order valence-electron chi connectivity index (χ0n) is 7.64. The third-order valence-corrected chi connectivity index (χ3v) is 1.90. The molecular formula is C8H8ClN5O. The number of halogens is 1. The Morgan fingerprint density at radius 1 is 1.53 bits per heavy atom. The fourth-order valence-electron chi connectivity index (χ4n) is 1.01. The number of nitrogens with two attached hydrogens (primary N) is 1. The highest BCUT2D eigenvalue weighted by molar-refractivity contribution is 6.28. The molecule has 0 atom stereocenters. The van der Waals surface area contributed by atoms with Crippen LogP contribution >= 0.6 is 11.6 Å². The number of hydrogen-bond acceptors (Lipinski definition) is 6. The van der Waals surface area contributed by atoms with Crippen molar-refractivity contribution in [2.75, 3.05) is 11.1 Å². The maximum atomic E-state index is 5.64. The maximum absolute atomic E-state index is 5.64. The molecule has 7 heteroatoms. The average Bonchev–Trinajstić information content (AvgIpc) is 2.72. The van der Waals surface area contributed by atoms with Crippen molar-refractivity contribution in [2.45, 2.75) is 6.54 Å². The quantitative estimate of drug-likeness (QED) is 0.766. The Labute approximate surface area is 90.5 Å². The zero-order valence-corrected chi connectivity index (χ0v) is 8.40. The molecule has 2 aromatic rings. The van der Waals surface area contributed by atoms with Crippen molar-refractivity contribution in [1.29, 1.82) is 0 Å². The SMILES string of the molecule is Nc1cnc(Cl)nc1NCc1ccon1. The van der Waals surface area contributed by atoms with Gasteiger partial charge >= 0.3 is 0 Å². The molecule has 0 aliphatic rings. The monoisotopic (exact) mass is 225 g/mol. The Morgan fingerprint density at radius 2 is 2.40 bits per heavy atom. The van der Waals surface area contributed by atoms with Gasteiger partial charge in [0.1, 0.15) is 12.0 Å². The van der Waals surface area contributed by atoms with Gasteiger partial charge in [0.25, 0.3) is 0 Å². The Kier molecular flexibility index (Phi) is 2.68. The van der Waals surface area contributed by atoms with Crippen LogP contribution in [0.3, 0.4) is 0 Å². The first-order chi connectivity index (χ1) is 7.25. The first kappa shape index (κ1) is 9.72. The molecule has 6 nitrogen and oxygen atoms in total. The van der Waals surface area contributed by atoms with Crippen LogP contribution in [0.15, 0.2) is 23.0 Å². The topological polar surface area (TPSA) is 89.9 Å². The highest BCUT2D eigenvalue weighted by Gasteiger charge is 2.03. The number of aromatic nitrogens is 3. The minimum atomic E-state index is 0.145. The Bertz CT molecular complexity index is 444. The van der Waals surface area contributed by atoms with Crippen LogP contribution in [0.2, 0.25) is 5.28 Å². The molecule has 78 valence electrons. The molecule has 0 unspecified atom stereocenters. The van der Waals surface area contributed by atoms with Gasteiger partial charge in [-0.3, -0.25) is 0 Å². The molecule has 0 aromatic carbocycles. The molecular weight excluding hydrogens is 218 g/mol. The zero-order chi connectivity index (χ0) is 10.7. The molecule has 2 rings (SSSR count). The molecule has 0 saturated heterocycles. The van der Waals surface area contributed by atoms with Crippen molar-refractivity contribution in [3.8, 4) is 0 Å². The van der Waals surface area contributed by atoms with Gasteiger partial charge in [-0.1, -0.05) is 5.16 Å². The largest absolute Gasteiger partial charge is 0.394 e. The summed E-state index contributed by atoms with van der Waals surface area (Å²) in [6, 6.07) is 1.74. The first-order valence-corrected chi connectivity index (χ1v) is 4.54. The van der Waals surface area contributed by atoms with E-state index >= 15 is 0 Å². The summed E-state index contributed by atoms with van der Waals surface area (Å²) in [4.78, 5) is 7.67. The fraction of sp³-hybridized carbons (Fsp3) is 0.125. The summed E-state index contributed by atoms with van der Waals surface area (Å²) >= 11 is 5.63. The lowest BCUT2D eigenvalue weighted by atomic mass is 10.4. The third kappa shape index (κ3) is 2.35. The second-order valence-electron chi connectivity index (χ2n) is 2.79. The molecule has 0 radical (unpaired) electrons. The lowest BCUT2D eigenvalue weighted by Crippen LogP contribution is -2.05. The molecule has 0 aliphatic heterocycles. The normalized spacial score (nSPS) is 10.2. The van der Waals surface area contributed by atoms with Crippen molar-refractivity contribution in [3.63, 3.8) is 0 Å². The van der Waals surface area contributed by atoms with E-state index in [4.69, 9.17) is 17.3 Å². The van der Waals surface area contributed by atoms with Gasteiger partial charge in [0, 0.05) is 6.07 Å². The van der Waals surface area contributed by atoms with E-state index in [0.717, 1.165) is 5.69 Å². The minimum Gasteiger partial charge on any atom is -0.394 e. The van der Waals surface area contributed by atoms with Crippen LogP contribution in [0.5, 0.6) is 0 Å². The van der Waals surface area contributed by atoms with E-state index in [-0.39, 0.29) is 5.28 Å². The summed E-state index contributed by atoms with van der Waals surface area (Å²) < 4.78 is 4.68. The standard InChI is InChI=1S/C8H8ClN5O/c9-8-12-4-6(10)7(13-8)11-3-5-1-2-15-14-5/h1-2,4H,3,10H2,(H,11,12,13). The van der Waals surface area contributed by atoms with Gasteiger partial charge < -0.3 is 15.6 Å². The van der Waals surface area contributed by atoms with E-state index in [0.29, 0.717) is 18.1 Å². The van der Waals surface area contributed by atoms with Crippen LogP contribution in [0.4, 0.5) is 11.5 Å². The first-order valence-electron chi connectivity index (χ1n) is 4.17. The Hall–Kier alpha value is -1.82. The molecule has 0 fully saturated rings. The summed E-state index contributed by atoms with van der Waals surface area (Å²) in [5.41, 5.74) is 6.83. The highest BCUT2D eigenvalue weighted by atomic mass is 35.5. The predicted octanol–water partition coefficient (Wildman–Crippen LogP) is 1.31. The number of nitrogen functional groups attached to an aromatic ring is 1. The van der Waals surface area contributed by atoms with Crippen molar-refractivity contribution < 1.29 is 4.52 Å². The van der Waals surface area contributed by atoms with Gasteiger partial charge in [-0.05, 0) is 11.6 Å². The second kappa shape index (κ2) is 4.14. The smallest absolute Gasteiger partial charge is 0.224 e. The second-order valence-corrected chi connectivity index (χ2v) is 3.13. The van der Waals surface area contributed by atoms with Crippen LogP contribution in [-0.4, -0.2) is 15.1 Å². The van der Waals surface area contributed by atoms with Crippen LogP contribution in [-0.2, 0) is 6.54 Å². The molecule has 0 amide bonds. The Morgan fingerprint density at radius 3 is 3.13 bits per heavy atom. The number of rotatable bonds is 3. The predicted molar refractivity (Wildman–Crippen MR) is 55.3 cm³/mol. The Balaban J connectivity index is 2.07. The van der Waals surface area contributed by atoms with Gasteiger partial charge in [0.05, 0.1) is 18.4 Å². The molecule has 0 spiro atoms. The molecule has 3 N–H and O–H groups in total. The van der Waals surface area contributed by atoms with E-state index in [2.05, 4.69) is 25.0 Å². The van der Waals surface area contributed by atoms with Gasteiger partial charge in [-0.25, -0.2) is 4.98 Å². The molecule has 15 heavy (non-hydrogen) atoms. The number of nitrogens with one attached hydrogen (secondary N) is 1. The van der Waals surface area contributed by atoms with Crippen molar-refractivity contribution >= 4 is 23.1 Å². The lowest BCUT2D eigenvalue weighted by Gasteiger charge is -2.05. The van der Waals surface area contributed by atoms with Crippen LogP contribution in [0.25, 0.3) is 0 Å². The molecule has 0 aliphatic carbocycles. The highest BCUT2D eigenvalue weighted by Crippen LogP contribution is 2.16. The van der Waals surface area contributed by atoms with Crippen LogP contribution in [0.1, 0.15) is 5.69 Å². The van der Waals surface area contributed by atoms with E-state index in [9.17, 15) is 0 Å². The van der Waals surface area contributed by atoms with Crippen LogP contribution < -0.4 is 11.1 Å². The fourth-order valence-corrected chi connectivity index (χ4v) is 1.15. The van der Waals surface area contributed by atoms with Gasteiger partial charge in [-0.15, -0.1) is 0 Å². The van der Waals surface area contributed by atoms with E-state index in [1.54, 1.807) is 6.07 Å². The summed E-state index contributed by atoms with van der Waals surface area (Å²) in [5, 5.41) is 6.85. The van der Waals surface area contributed by atoms with E-state index in [1.807, 2.05) is 0 Å². The summed E-state index contributed by atoms with van der Waals surface area (Å²) in [6.07, 6.45) is 2.94. The lowest BCUT2D eigenvalue weighted by molar-refractivity contribution is 0.412. The van der Waals surface area contributed by atoms with E-state index < -0.39 is 0 Å². The summed E-state index contributed by atoms with van der Waals surface area (Å²) in [6.45, 7) is 0.466. The van der Waals surface area contributed by atoms with E-state index in [1.165, 1.54) is 12.5 Å². The summed E-state index contributed by atoms with van der Waals surface area (Å²) in [5.74, 6) is 0.484. The van der Waals surface area contributed by atoms with Crippen LogP contribution in [0, 0.1) is 0 Å². The van der Waals surface area contributed by atoms with Gasteiger partial charge in [-0.2, -0.15) is 4.98 Å².